The molecular formula is C25H21Cl2N3O4. The summed E-state index contributed by atoms with van der Waals surface area (Å²) in [5.41, 5.74) is 3.03. The molecule has 1 aliphatic heterocycles. The molecule has 1 saturated heterocycles. The SMILES string of the molecule is O=C(O)c1ccc(-c2ccc(NC(=O)[C@H]3CCCN3C(=O)Nc3cc(Cl)cc(Cl)c3)cc2)cc1. The second kappa shape index (κ2) is 10.2. The third-order valence-electron chi connectivity index (χ3n) is 5.55. The molecule has 174 valence electrons. The maximum absolute atomic E-state index is 12.9. The average molecular weight is 498 g/mol. The average Bonchev–Trinajstić information content (AvgIpc) is 3.29. The minimum atomic E-state index is -0.976. The zero-order valence-electron chi connectivity index (χ0n) is 17.9. The highest BCUT2D eigenvalue weighted by molar-refractivity contribution is 6.35. The third-order valence-corrected chi connectivity index (χ3v) is 5.98. The van der Waals surface area contributed by atoms with Crippen LogP contribution in [-0.4, -0.2) is 40.5 Å². The molecule has 4 rings (SSSR count). The van der Waals surface area contributed by atoms with Crippen molar-refractivity contribution >= 4 is 52.5 Å². The van der Waals surface area contributed by atoms with E-state index in [0.717, 1.165) is 11.1 Å². The zero-order valence-corrected chi connectivity index (χ0v) is 19.4. The number of carboxylic acid groups (broad SMARTS) is 1. The first-order chi connectivity index (χ1) is 16.3. The van der Waals surface area contributed by atoms with Crippen LogP contribution in [0, 0.1) is 0 Å². The number of carbonyl (C=O) groups excluding carboxylic acids is 2. The van der Waals surface area contributed by atoms with Gasteiger partial charge in [-0.3, -0.25) is 4.79 Å². The van der Waals surface area contributed by atoms with Crippen LogP contribution >= 0.6 is 23.2 Å². The summed E-state index contributed by atoms with van der Waals surface area (Å²) in [4.78, 5) is 38.2. The highest BCUT2D eigenvalue weighted by Gasteiger charge is 2.34. The summed E-state index contributed by atoms with van der Waals surface area (Å²) in [6.45, 7) is 0.462. The number of halogens is 2. The van der Waals surface area contributed by atoms with Gasteiger partial charge in [0.2, 0.25) is 5.91 Å². The van der Waals surface area contributed by atoms with Gasteiger partial charge in [0.25, 0.3) is 0 Å². The van der Waals surface area contributed by atoms with Crippen LogP contribution < -0.4 is 10.6 Å². The van der Waals surface area contributed by atoms with Gasteiger partial charge in [-0.2, -0.15) is 0 Å². The lowest BCUT2D eigenvalue weighted by Crippen LogP contribution is -2.45. The maximum Gasteiger partial charge on any atom is 0.335 e. The molecule has 0 aromatic heterocycles. The minimum absolute atomic E-state index is 0.219. The van der Waals surface area contributed by atoms with Gasteiger partial charge in [0.15, 0.2) is 0 Å². The lowest BCUT2D eigenvalue weighted by molar-refractivity contribution is -0.119. The fourth-order valence-corrected chi connectivity index (χ4v) is 4.41. The number of rotatable bonds is 5. The molecule has 3 aromatic carbocycles. The van der Waals surface area contributed by atoms with Crippen molar-refractivity contribution in [2.75, 3.05) is 17.2 Å². The Balaban J connectivity index is 1.40. The Bertz CT molecular complexity index is 1210. The summed E-state index contributed by atoms with van der Waals surface area (Å²) in [6.07, 6.45) is 1.27. The van der Waals surface area contributed by atoms with Crippen LogP contribution in [0.3, 0.4) is 0 Å². The van der Waals surface area contributed by atoms with Crippen LogP contribution in [0.5, 0.6) is 0 Å². The standard InChI is InChI=1S/C25H21Cl2N3O4/c26-18-12-19(27)14-21(13-18)29-25(34)30-11-1-2-22(30)23(31)28-20-9-7-16(8-10-20)15-3-5-17(6-4-15)24(32)33/h3-10,12-14,22H,1-2,11H2,(H,28,31)(H,29,34)(H,32,33)/t22-/m1/s1. The van der Waals surface area contributed by atoms with Crippen LogP contribution in [0.15, 0.2) is 66.7 Å². The lowest BCUT2D eigenvalue weighted by atomic mass is 10.0. The van der Waals surface area contributed by atoms with Gasteiger partial charge in [-0.15, -0.1) is 0 Å². The van der Waals surface area contributed by atoms with E-state index < -0.39 is 18.0 Å². The van der Waals surface area contributed by atoms with E-state index in [9.17, 15) is 14.4 Å². The topological polar surface area (TPSA) is 98.7 Å². The number of carbonyl (C=O) groups is 3. The maximum atomic E-state index is 12.9. The second-order valence-electron chi connectivity index (χ2n) is 7.89. The number of likely N-dealkylation sites (tertiary alicyclic amines) is 1. The molecule has 3 aromatic rings. The quantitative estimate of drug-likeness (QED) is 0.402. The highest BCUT2D eigenvalue weighted by Crippen LogP contribution is 2.26. The smallest absolute Gasteiger partial charge is 0.335 e. The van der Waals surface area contributed by atoms with E-state index in [4.69, 9.17) is 28.3 Å². The molecule has 34 heavy (non-hydrogen) atoms. The first-order valence-corrected chi connectivity index (χ1v) is 11.3. The Morgan fingerprint density at radius 2 is 1.41 bits per heavy atom. The van der Waals surface area contributed by atoms with Crippen molar-refractivity contribution in [1.82, 2.24) is 4.90 Å². The number of hydrogen-bond acceptors (Lipinski definition) is 3. The van der Waals surface area contributed by atoms with Gasteiger partial charge in [-0.1, -0.05) is 47.5 Å². The molecule has 0 saturated carbocycles. The van der Waals surface area contributed by atoms with E-state index >= 15 is 0 Å². The molecule has 0 aliphatic carbocycles. The number of anilines is 2. The summed E-state index contributed by atoms with van der Waals surface area (Å²) in [5, 5.41) is 15.5. The summed E-state index contributed by atoms with van der Waals surface area (Å²) in [6, 6.07) is 17.5. The number of benzene rings is 3. The number of hydrogen-bond donors (Lipinski definition) is 3. The predicted molar refractivity (Wildman–Crippen MR) is 133 cm³/mol. The molecule has 0 spiro atoms. The van der Waals surface area contributed by atoms with E-state index in [2.05, 4.69) is 10.6 Å². The third kappa shape index (κ3) is 5.50. The summed E-state index contributed by atoms with van der Waals surface area (Å²) >= 11 is 12.0. The number of amides is 3. The molecule has 1 heterocycles. The predicted octanol–water partition coefficient (Wildman–Crippen LogP) is 5.99. The van der Waals surface area contributed by atoms with Crippen molar-refractivity contribution in [2.45, 2.75) is 18.9 Å². The van der Waals surface area contributed by atoms with Gasteiger partial charge in [0.1, 0.15) is 6.04 Å². The van der Waals surface area contributed by atoms with E-state index in [-0.39, 0.29) is 11.5 Å². The van der Waals surface area contributed by atoms with Gasteiger partial charge >= 0.3 is 12.0 Å². The first kappa shape index (κ1) is 23.6. The molecule has 0 radical (unpaired) electrons. The number of carboxylic acids is 1. The second-order valence-corrected chi connectivity index (χ2v) is 8.76. The van der Waals surface area contributed by atoms with E-state index in [0.29, 0.717) is 40.8 Å². The van der Waals surface area contributed by atoms with Crippen molar-refractivity contribution in [1.29, 1.82) is 0 Å². The number of nitrogens with zero attached hydrogens (tertiary/aromatic N) is 1. The molecule has 1 fully saturated rings. The molecule has 7 nitrogen and oxygen atoms in total. The molecular weight excluding hydrogens is 477 g/mol. The highest BCUT2D eigenvalue weighted by atomic mass is 35.5. The molecule has 0 unspecified atom stereocenters. The van der Waals surface area contributed by atoms with Gasteiger partial charge in [-0.25, -0.2) is 9.59 Å². The molecule has 1 aliphatic rings. The Labute approximate surface area is 206 Å². The van der Waals surface area contributed by atoms with E-state index in [1.165, 1.54) is 4.90 Å². The molecule has 3 amide bonds. The van der Waals surface area contributed by atoms with E-state index in [1.54, 1.807) is 54.6 Å². The van der Waals surface area contributed by atoms with Crippen LogP contribution in [0.1, 0.15) is 23.2 Å². The first-order valence-electron chi connectivity index (χ1n) is 10.6. The summed E-state index contributed by atoms with van der Waals surface area (Å²) < 4.78 is 0. The fraction of sp³-hybridized carbons (Fsp3) is 0.160. The van der Waals surface area contributed by atoms with Gasteiger partial charge in [0, 0.05) is 28.0 Å². The van der Waals surface area contributed by atoms with Crippen LogP contribution in [-0.2, 0) is 4.79 Å². The van der Waals surface area contributed by atoms with Crippen molar-refractivity contribution < 1.29 is 19.5 Å². The largest absolute Gasteiger partial charge is 0.478 e. The monoisotopic (exact) mass is 497 g/mol. The summed E-state index contributed by atoms with van der Waals surface area (Å²) in [5.74, 6) is -1.24. The lowest BCUT2D eigenvalue weighted by Gasteiger charge is -2.24. The molecule has 3 N–H and O–H groups in total. The van der Waals surface area contributed by atoms with E-state index in [1.807, 2.05) is 12.1 Å². The zero-order chi connectivity index (χ0) is 24.2. The molecule has 1 atom stereocenters. The molecule has 9 heteroatoms. The Morgan fingerprint density at radius 3 is 2.00 bits per heavy atom. The Kier molecular flexibility index (Phi) is 7.05. The summed E-state index contributed by atoms with van der Waals surface area (Å²) in [7, 11) is 0. The van der Waals surface area contributed by atoms with Crippen molar-refractivity contribution in [3.63, 3.8) is 0 Å². The van der Waals surface area contributed by atoms with Crippen molar-refractivity contribution in [3.8, 4) is 11.1 Å². The molecule has 0 bridgehead atoms. The van der Waals surface area contributed by atoms with Crippen LogP contribution in [0.25, 0.3) is 11.1 Å². The Hall–Kier alpha value is -3.55. The van der Waals surface area contributed by atoms with Gasteiger partial charge in [0.05, 0.1) is 5.56 Å². The number of nitrogens with one attached hydrogen (secondary N) is 2. The number of urea groups is 1. The minimum Gasteiger partial charge on any atom is -0.478 e. The van der Waals surface area contributed by atoms with Crippen LogP contribution in [0.2, 0.25) is 10.0 Å². The van der Waals surface area contributed by atoms with Gasteiger partial charge in [-0.05, 0) is 66.4 Å². The fourth-order valence-electron chi connectivity index (χ4n) is 3.88. The van der Waals surface area contributed by atoms with Gasteiger partial charge < -0.3 is 20.6 Å². The van der Waals surface area contributed by atoms with Crippen molar-refractivity contribution in [2.24, 2.45) is 0 Å². The number of aromatic carboxylic acids is 1. The van der Waals surface area contributed by atoms with Crippen molar-refractivity contribution in [3.05, 3.63) is 82.3 Å². The Morgan fingerprint density at radius 1 is 0.824 bits per heavy atom. The van der Waals surface area contributed by atoms with Crippen LogP contribution in [0.4, 0.5) is 16.2 Å². The normalized spacial score (nSPS) is 15.1.